The van der Waals surface area contributed by atoms with E-state index in [-0.39, 0.29) is 9.80 Å². The molecule has 2 aromatic carbocycles. The zero-order valence-corrected chi connectivity index (χ0v) is 20.8. The number of hydrogen-bond acceptors (Lipinski definition) is 6. The van der Waals surface area contributed by atoms with Gasteiger partial charge in [-0.15, -0.1) is 0 Å². The van der Waals surface area contributed by atoms with Crippen molar-refractivity contribution in [3.63, 3.8) is 0 Å². The van der Waals surface area contributed by atoms with E-state index in [1.165, 1.54) is 36.5 Å². The molecule has 0 atom stereocenters. The van der Waals surface area contributed by atoms with Crippen LogP contribution in [0.1, 0.15) is 18.4 Å². The van der Waals surface area contributed by atoms with Gasteiger partial charge in [0.15, 0.2) is 0 Å². The van der Waals surface area contributed by atoms with E-state index in [1.807, 2.05) is 13.1 Å². The van der Waals surface area contributed by atoms with Gasteiger partial charge in [0.1, 0.15) is 28.2 Å². The number of hydrogen-bond donors (Lipinski definition) is 0. The number of rotatable bonds is 8. The summed E-state index contributed by atoms with van der Waals surface area (Å²) in [6, 6.07) is 17.3. The van der Waals surface area contributed by atoms with Gasteiger partial charge in [-0.2, -0.15) is 5.26 Å². The smallest absolute Gasteiger partial charge is 0.216 e. The van der Waals surface area contributed by atoms with Crippen LogP contribution in [0, 0.1) is 23.1 Å². The number of benzene rings is 2. The number of allylic oxidation sites excluding steroid dienone is 1. The summed E-state index contributed by atoms with van der Waals surface area (Å²) in [5.74, 6) is 0.523. The number of nitriles is 1. The average molecular weight is 515 g/mol. The number of nitrogens with zero attached hydrogens (tertiary/aromatic N) is 4. The summed E-state index contributed by atoms with van der Waals surface area (Å²) in [6.07, 6.45) is 6.69. The van der Waals surface area contributed by atoms with Crippen molar-refractivity contribution in [3.05, 3.63) is 89.5 Å². The zero-order valence-electron chi connectivity index (χ0n) is 20.0. The third-order valence-electron chi connectivity index (χ3n) is 6.08. The lowest BCUT2D eigenvalue weighted by Crippen LogP contribution is -2.03. The highest BCUT2D eigenvalue weighted by atomic mass is 32.2. The Hall–Kier alpha value is -4.29. The number of aromatic nitrogens is 3. The number of ether oxygens (including phenoxy) is 1. The van der Waals surface area contributed by atoms with E-state index in [9.17, 15) is 18.1 Å². The van der Waals surface area contributed by atoms with Crippen LogP contribution in [0.15, 0.2) is 83.0 Å². The summed E-state index contributed by atoms with van der Waals surface area (Å²) >= 11 is 0. The van der Waals surface area contributed by atoms with Crippen LogP contribution in [-0.4, -0.2) is 29.6 Å². The highest BCUT2D eigenvalue weighted by Crippen LogP contribution is 2.38. The average Bonchev–Trinajstić information content (AvgIpc) is 3.66. The number of sulfone groups is 1. The van der Waals surface area contributed by atoms with Gasteiger partial charge in [0, 0.05) is 24.9 Å². The van der Waals surface area contributed by atoms with E-state index in [0.29, 0.717) is 46.5 Å². The van der Waals surface area contributed by atoms with Gasteiger partial charge in [-0.25, -0.2) is 17.8 Å². The SMILES string of the molecule is Cn1cnc(-c2cc(C=C(C#N)S(=O)(=O)c3ccccc3)ccn2)c1-c1ccc(F)cc1OCC1CC1. The van der Waals surface area contributed by atoms with Gasteiger partial charge in [0.05, 0.1) is 29.2 Å². The molecule has 1 saturated carbocycles. The number of imidazole rings is 1. The van der Waals surface area contributed by atoms with Gasteiger partial charge in [-0.3, -0.25) is 4.98 Å². The molecule has 0 unspecified atom stereocenters. The van der Waals surface area contributed by atoms with Crippen molar-refractivity contribution in [2.45, 2.75) is 17.7 Å². The maximum absolute atomic E-state index is 14.1. The highest BCUT2D eigenvalue weighted by Gasteiger charge is 2.25. The Bertz CT molecular complexity index is 1640. The fourth-order valence-electron chi connectivity index (χ4n) is 3.95. The molecular formula is C28H23FN4O3S. The first-order valence-corrected chi connectivity index (χ1v) is 13.2. The monoisotopic (exact) mass is 514 g/mol. The molecule has 0 amide bonds. The molecule has 2 aromatic heterocycles. The Labute approximate surface area is 214 Å². The van der Waals surface area contributed by atoms with Crippen molar-refractivity contribution >= 4 is 15.9 Å². The maximum atomic E-state index is 14.1. The van der Waals surface area contributed by atoms with E-state index >= 15 is 0 Å². The van der Waals surface area contributed by atoms with E-state index in [2.05, 4.69) is 9.97 Å². The van der Waals surface area contributed by atoms with Crippen LogP contribution < -0.4 is 4.74 Å². The maximum Gasteiger partial charge on any atom is 0.216 e. The minimum Gasteiger partial charge on any atom is -0.492 e. The lowest BCUT2D eigenvalue weighted by Gasteiger charge is -2.13. The fourth-order valence-corrected chi connectivity index (χ4v) is 5.13. The van der Waals surface area contributed by atoms with Crippen LogP contribution >= 0.6 is 0 Å². The van der Waals surface area contributed by atoms with Crippen molar-refractivity contribution in [3.8, 4) is 34.5 Å². The minimum absolute atomic E-state index is 0.0409. The molecule has 5 rings (SSSR count). The quantitative estimate of drug-likeness (QED) is 0.292. The van der Waals surface area contributed by atoms with Crippen LogP contribution in [0.5, 0.6) is 5.75 Å². The molecule has 7 nitrogen and oxygen atoms in total. The summed E-state index contributed by atoms with van der Waals surface area (Å²) in [4.78, 5) is 8.62. The second-order valence-corrected chi connectivity index (χ2v) is 10.8. The Morgan fingerprint density at radius 3 is 2.68 bits per heavy atom. The molecule has 0 radical (unpaired) electrons. The summed E-state index contributed by atoms with van der Waals surface area (Å²) in [5.41, 5.74) is 2.81. The second-order valence-electron chi connectivity index (χ2n) is 8.86. The molecule has 4 aromatic rings. The van der Waals surface area contributed by atoms with Gasteiger partial charge < -0.3 is 9.30 Å². The molecule has 1 aliphatic carbocycles. The van der Waals surface area contributed by atoms with Crippen molar-refractivity contribution in [1.82, 2.24) is 14.5 Å². The van der Waals surface area contributed by atoms with Crippen LogP contribution in [0.3, 0.4) is 0 Å². The molecule has 0 spiro atoms. The summed E-state index contributed by atoms with van der Waals surface area (Å²) in [6.45, 7) is 0.523. The molecule has 2 heterocycles. The molecule has 0 aliphatic heterocycles. The Balaban J connectivity index is 1.54. The van der Waals surface area contributed by atoms with Gasteiger partial charge in [-0.1, -0.05) is 18.2 Å². The normalized spacial score (nSPS) is 13.8. The van der Waals surface area contributed by atoms with Crippen LogP contribution in [0.4, 0.5) is 4.39 Å². The lowest BCUT2D eigenvalue weighted by molar-refractivity contribution is 0.299. The van der Waals surface area contributed by atoms with Crippen molar-refractivity contribution in [2.75, 3.05) is 6.61 Å². The van der Waals surface area contributed by atoms with Gasteiger partial charge >= 0.3 is 0 Å². The summed E-state index contributed by atoms with van der Waals surface area (Å²) < 4.78 is 47.8. The standard InChI is InChI=1S/C28H23FN4O3S/c1-33-18-32-27(28(33)24-10-9-21(29)15-26(24)36-17-19-7-8-19)25-14-20(11-12-31-25)13-23(16-30)37(34,35)22-5-3-2-4-6-22/h2-6,9-15,18-19H,7-8,17H2,1H3. The topological polar surface area (TPSA) is 97.9 Å². The fraction of sp³-hybridized carbons (Fsp3) is 0.179. The van der Waals surface area contributed by atoms with E-state index in [0.717, 1.165) is 12.8 Å². The Kier molecular flexibility index (Phi) is 6.59. The van der Waals surface area contributed by atoms with Crippen LogP contribution in [0.2, 0.25) is 0 Å². The molecule has 1 fully saturated rings. The molecule has 0 saturated heterocycles. The first kappa shape index (κ1) is 24.4. The molecule has 1 aliphatic rings. The first-order chi connectivity index (χ1) is 17.9. The van der Waals surface area contributed by atoms with E-state index in [1.54, 1.807) is 47.3 Å². The van der Waals surface area contributed by atoms with E-state index in [4.69, 9.17) is 4.74 Å². The van der Waals surface area contributed by atoms with Crippen LogP contribution in [-0.2, 0) is 16.9 Å². The largest absolute Gasteiger partial charge is 0.492 e. The molecular weight excluding hydrogens is 491 g/mol. The Morgan fingerprint density at radius 2 is 1.95 bits per heavy atom. The first-order valence-electron chi connectivity index (χ1n) is 11.7. The molecule has 9 heteroatoms. The van der Waals surface area contributed by atoms with Gasteiger partial charge in [0.25, 0.3) is 0 Å². The Morgan fingerprint density at radius 1 is 1.16 bits per heavy atom. The number of halogens is 1. The highest BCUT2D eigenvalue weighted by molar-refractivity contribution is 7.95. The van der Waals surface area contributed by atoms with Crippen molar-refractivity contribution < 1.29 is 17.5 Å². The predicted molar refractivity (Wildman–Crippen MR) is 137 cm³/mol. The molecule has 186 valence electrons. The zero-order chi connectivity index (χ0) is 26.0. The van der Waals surface area contributed by atoms with Gasteiger partial charge in [-0.05, 0) is 66.8 Å². The minimum atomic E-state index is -3.98. The molecule has 37 heavy (non-hydrogen) atoms. The second kappa shape index (κ2) is 9.99. The van der Waals surface area contributed by atoms with E-state index < -0.39 is 15.7 Å². The number of aryl methyl sites for hydroxylation is 1. The summed E-state index contributed by atoms with van der Waals surface area (Å²) in [7, 11) is -2.16. The molecule has 0 bridgehead atoms. The third-order valence-corrected chi connectivity index (χ3v) is 7.77. The lowest BCUT2D eigenvalue weighted by atomic mass is 10.1. The summed E-state index contributed by atoms with van der Waals surface area (Å²) in [5, 5.41) is 9.64. The third kappa shape index (κ3) is 5.15. The van der Waals surface area contributed by atoms with Crippen molar-refractivity contribution in [2.24, 2.45) is 13.0 Å². The van der Waals surface area contributed by atoms with Crippen molar-refractivity contribution in [1.29, 1.82) is 5.26 Å². The predicted octanol–water partition coefficient (Wildman–Crippen LogP) is 5.42. The number of pyridine rings is 1. The molecule has 0 N–H and O–H groups in total. The van der Waals surface area contributed by atoms with Crippen LogP contribution in [0.25, 0.3) is 28.7 Å². The van der Waals surface area contributed by atoms with Gasteiger partial charge in [0.2, 0.25) is 9.84 Å².